The summed E-state index contributed by atoms with van der Waals surface area (Å²) in [4.78, 5) is 0. The van der Waals surface area contributed by atoms with E-state index < -0.39 is 0 Å². The highest BCUT2D eigenvalue weighted by Gasteiger charge is 2.10. The molecule has 0 saturated carbocycles. The quantitative estimate of drug-likeness (QED) is 0.848. The van der Waals surface area contributed by atoms with E-state index in [0.29, 0.717) is 5.75 Å². The van der Waals surface area contributed by atoms with E-state index >= 15 is 0 Å². The minimum Gasteiger partial charge on any atom is -0.493 e. The summed E-state index contributed by atoms with van der Waals surface area (Å²) in [5.74, 6) is 1.44. The van der Waals surface area contributed by atoms with Crippen LogP contribution in [0.1, 0.15) is 16.7 Å². The first-order chi connectivity index (χ1) is 10.0. The van der Waals surface area contributed by atoms with Gasteiger partial charge in [-0.15, -0.1) is 0 Å². The molecule has 4 heteroatoms. The Kier molecular flexibility index (Phi) is 5.12. The van der Waals surface area contributed by atoms with Gasteiger partial charge in [-0.1, -0.05) is 12.1 Å². The van der Waals surface area contributed by atoms with Gasteiger partial charge in [-0.25, -0.2) is 0 Å². The van der Waals surface area contributed by atoms with E-state index in [9.17, 15) is 0 Å². The first-order valence-corrected chi connectivity index (χ1v) is 7.56. The summed E-state index contributed by atoms with van der Waals surface area (Å²) in [7, 11) is 3.28. The summed E-state index contributed by atoms with van der Waals surface area (Å²) < 4.78 is 11.6. The van der Waals surface area contributed by atoms with Crippen LogP contribution in [0.3, 0.4) is 0 Å². The summed E-state index contributed by atoms with van der Waals surface area (Å²) in [5.41, 5.74) is 4.76. The van der Waals surface area contributed by atoms with Gasteiger partial charge in [0.05, 0.1) is 18.7 Å². The fourth-order valence-corrected chi connectivity index (χ4v) is 2.85. The second-order valence-corrected chi connectivity index (χ2v) is 5.84. The van der Waals surface area contributed by atoms with Gasteiger partial charge in [0.1, 0.15) is 0 Å². The Morgan fingerprint density at radius 2 is 1.81 bits per heavy atom. The molecule has 0 aliphatic carbocycles. The van der Waals surface area contributed by atoms with Gasteiger partial charge in [0, 0.05) is 12.2 Å². The number of hydrogen-bond acceptors (Lipinski definition) is 3. The number of anilines is 1. The zero-order chi connectivity index (χ0) is 15.4. The molecule has 0 heterocycles. The first kappa shape index (κ1) is 15.7. The maximum Gasteiger partial charge on any atom is 0.174 e. The number of ether oxygens (including phenoxy) is 2. The largest absolute Gasteiger partial charge is 0.493 e. The highest BCUT2D eigenvalue weighted by molar-refractivity contribution is 9.10. The van der Waals surface area contributed by atoms with Crippen molar-refractivity contribution in [1.29, 1.82) is 0 Å². The Labute approximate surface area is 134 Å². The smallest absolute Gasteiger partial charge is 0.174 e. The molecule has 0 fully saturated rings. The predicted octanol–water partition coefficient (Wildman–Crippen LogP) is 4.70. The Morgan fingerprint density at radius 1 is 1.05 bits per heavy atom. The van der Waals surface area contributed by atoms with Crippen molar-refractivity contribution in [1.82, 2.24) is 0 Å². The molecule has 21 heavy (non-hydrogen) atoms. The lowest BCUT2D eigenvalue weighted by Gasteiger charge is -2.14. The molecule has 0 aliphatic heterocycles. The van der Waals surface area contributed by atoms with E-state index in [0.717, 1.165) is 28.0 Å². The normalized spacial score (nSPS) is 10.3. The van der Waals surface area contributed by atoms with Crippen molar-refractivity contribution < 1.29 is 9.47 Å². The maximum absolute atomic E-state index is 5.37. The van der Waals surface area contributed by atoms with Gasteiger partial charge < -0.3 is 14.8 Å². The third kappa shape index (κ3) is 3.70. The van der Waals surface area contributed by atoms with Crippen LogP contribution in [0.5, 0.6) is 11.5 Å². The third-order valence-corrected chi connectivity index (χ3v) is 3.96. The predicted molar refractivity (Wildman–Crippen MR) is 90.5 cm³/mol. The molecule has 0 unspecified atom stereocenters. The molecule has 0 atom stereocenters. The van der Waals surface area contributed by atoms with Gasteiger partial charge in [-0.2, -0.15) is 0 Å². The molecular formula is C17H20BrNO2. The van der Waals surface area contributed by atoms with Crippen LogP contribution in [-0.2, 0) is 6.54 Å². The SMILES string of the molecule is COc1cc(CNc2cc(C)ccc2C)cc(Br)c1OC. The summed E-state index contributed by atoms with van der Waals surface area (Å²) >= 11 is 3.52. The van der Waals surface area contributed by atoms with Crippen molar-refractivity contribution in [3.63, 3.8) is 0 Å². The summed E-state index contributed by atoms with van der Waals surface area (Å²) in [6.07, 6.45) is 0. The molecule has 0 radical (unpaired) electrons. The first-order valence-electron chi connectivity index (χ1n) is 6.76. The highest BCUT2D eigenvalue weighted by atomic mass is 79.9. The van der Waals surface area contributed by atoms with Crippen LogP contribution in [0.4, 0.5) is 5.69 Å². The average Bonchev–Trinajstić information content (AvgIpc) is 2.47. The number of halogens is 1. The summed E-state index contributed by atoms with van der Waals surface area (Å²) in [5, 5.41) is 3.47. The number of benzene rings is 2. The second kappa shape index (κ2) is 6.85. The van der Waals surface area contributed by atoms with Gasteiger partial charge >= 0.3 is 0 Å². The van der Waals surface area contributed by atoms with E-state index in [1.165, 1.54) is 11.1 Å². The minimum atomic E-state index is 0.716. The molecule has 2 aromatic carbocycles. The van der Waals surface area contributed by atoms with Crippen molar-refractivity contribution >= 4 is 21.6 Å². The van der Waals surface area contributed by atoms with E-state index in [-0.39, 0.29) is 0 Å². The Morgan fingerprint density at radius 3 is 2.48 bits per heavy atom. The van der Waals surface area contributed by atoms with Gasteiger partial charge in [0.15, 0.2) is 11.5 Å². The monoisotopic (exact) mass is 349 g/mol. The van der Waals surface area contributed by atoms with E-state index in [4.69, 9.17) is 9.47 Å². The number of rotatable bonds is 5. The lowest BCUT2D eigenvalue weighted by Crippen LogP contribution is -2.02. The van der Waals surface area contributed by atoms with Gasteiger partial charge in [0.25, 0.3) is 0 Å². The fourth-order valence-electron chi connectivity index (χ4n) is 2.20. The molecule has 0 bridgehead atoms. The van der Waals surface area contributed by atoms with Gasteiger partial charge in [-0.05, 0) is 64.7 Å². The molecule has 1 N–H and O–H groups in total. The van der Waals surface area contributed by atoms with Crippen molar-refractivity contribution in [3.05, 3.63) is 51.5 Å². The topological polar surface area (TPSA) is 30.5 Å². The fraction of sp³-hybridized carbons (Fsp3) is 0.294. The number of nitrogens with one attached hydrogen (secondary N) is 1. The van der Waals surface area contributed by atoms with Crippen LogP contribution in [0.15, 0.2) is 34.8 Å². The standard InChI is InChI=1S/C17H20BrNO2/c1-11-5-6-12(2)15(7-11)19-10-13-8-14(18)17(21-4)16(9-13)20-3/h5-9,19H,10H2,1-4H3. The average molecular weight is 350 g/mol. The molecule has 0 amide bonds. The van der Waals surface area contributed by atoms with Crippen LogP contribution in [0.25, 0.3) is 0 Å². The van der Waals surface area contributed by atoms with E-state index in [1.54, 1.807) is 14.2 Å². The maximum atomic E-state index is 5.37. The zero-order valence-corrected chi connectivity index (χ0v) is 14.4. The van der Waals surface area contributed by atoms with E-state index in [2.05, 4.69) is 53.3 Å². The molecule has 112 valence electrons. The lowest BCUT2D eigenvalue weighted by molar-refractivity contribution is 0.352. The van der Waals surface area contributed by atoms with Crippen LogP contribution in [-0.4, -0.2) is 14.2 Å². The van der Waals surface area contributed by atoms with Crippen LogP contribution >= 0.6 is 15.9 Å². The number of hydrogen-bond donors (Lipinski definition) is 1. The van der Waals surface area contributed by atoms with Crippen molar-refractivity contribution in [2.24, 2.45) is 0 Å². The molecule has 3 nitrogen and oxygen atoms in total. The molecule has 2 rings (SSSR count). The number of methoxy groups -OCH3 is 2. The molecular weight excluding hydrogens is 330 g/mol. The van der Waals surface area contributed by atoms with Crippen LogP contribution < -0.4 is 14.8 Å². The third-order valence-electron chi connectivity index (χ3n) is 3.37. The molecule has 0 aliphatic rings. The van der Waals surface area contributed by atoms with Crippen molar-refractivity contribution in [2.75, 3.05) is 19.5 Å². The molecule has 0 spiro atoms. The molecule has 0 aromatic heterocycles. The van der Waals surface area contributed by atoms with Gasteiger partial charge in [0.2, 0.25) is 0 Å². The van der Waals surface area contributed by atoms with Crippen LogP contribution in [0, 0.1) is 13.8 Å². The summed E-state index contributed by atoms with van der Waals surface area (Å²) in [6.45, 7) is 4.92. The summed E-state index contributed by atoms with van der Waals surface area (Å²) in [6, 6.07) is 10.4. The minimum absolute atomic E-state index is 0.716. The zero-order valence-electron chi connectivity index (χ0n) is 12.8. The van der Waals surface area contributed by atoms with Crippen molar-refractivity contribution in [2.45, 2.75) is 20.4 Å². The molecule has 2 aromatic rings. The Hall–Kier alpha value is -1.68. The van der Waals surface area contributed by atoms with E-state index in [1.807, 2.05) is 12.1 Å². The molecule has 0 saturated heterocycles. The van der Waals surface area contributed by atoms with Crippen molar-refractivity contribution in [3.8, 4) is 11.5 Å². The lowest BCUT2D eigenvalue weighted by atomic mass is 10.1. The van der Waals surface area contributed by atoms with Crippen LogP contribution in [0.2, 0.25) is 0 Å². The number of aryl methyl sites for hydroxylation is 2. The Bertz CT molecular complexity index is 641. The van der Waals surface area contributed by atoms with Gasteiger partial charge in [-0.3, -0.25) is 0 Å². The second-order valence-electron chi connectivity index (χ2n) is 4.99. The Balaban J connectivity index is 2.20. The highest BCUT2D eigenvalue weighted by Crippen LogP contribution is 2.36.